The average molecular weight is 441 g/mol. The lowest BCUT2D eigenvalue weighted by molar-refractivity contribution is -0.126. The molecule has 0 spiro atoms. The van der Waals surface area contributed by atoms with E-state index in [1.807, 2.05) is 12.3 Å². The first-order valence-corrected chi connectivity index (χ1v) is 9.03. The average Bonchev–Trinajstić information content (AvgIpc) is 3.09. The van der Waals surface area contributed by atoms with Crippen LogP contribution in [0, 0.1) is 11.8 Å². The fourth-order valence-corrected chi connectivity index (χ4v) is 3.76. The van der Waals surface area contributed by atoms with E-state index >= 15 is 0 Å². The maximum absolute atomic E-state index is 12.4. The highest BCUT2D eigenvalue weighted by atomic mass is 35.5. The SMILES string of the molecule is CN1CCN(c2cc(CNC(=O)[C@@H]3CCC[C@@H]3CN)ccn2)CC1.Cl.Cl.Cl. The Morgan fingerprint density at radius 3 is 2.59 bits per heavy atom. The van der Waals surface area contributed by atoms with Crippen molar-refractivity contribution in [1.29, 1.82) is 0 Å². The van der Waals surface area contributed by atoms with Crippen LogP contribution in [0.15, 0.2) is 18.3 Å². The molecule has 1 aromatic rings. The summed E-state index contributed by atoms with van der Waals surface area (Å²) in [6.45, 7) is 5.30. The number of nitrogens with two attached hydrogens (primary N) is 1. The topological polar surface area (TPSA) is 74.5 Å². The zero-order valence-electron chi connectivity index (χ0n) is 15.8. The second-order valence-electron chi connectivity index (χ2n) is 7.06. The molecule has 1 aliphatic heterocycles. The van der Waals surface area contributed by atoms with Gasteiger partial charge < -0.3 is 20.9 Å². The highest BCUT2D eigenvalue weighted by Gasteiger charge is 2.31. The summed E-state index contributed by atoms with van der Waals surface area (Å²) in [4.78, 5) is 21.6. The Labute approximate surface area is 180 Å². The van der Waals surface area contributed by atoms with Crippen LogP contribution < -0.4 is 16.0 Å². The number of pyridine rings is 1. The predicted octanol–water partition coefficient (Wildman–Crippen LogP) is 2.09. The quantitative estimate of drug-likeness (QED) is 0.733. The normalized spacial score (nSPS) is 22.2. The van der Waals surface area contributed by atoms with Gasteiger partial charge in [0.25, 0.3) is 0 Å². The molecular formula is C18H32Cl3N5O. The summed E-state index contributed by atoms with van der Waals surface area (Å²) in [5, 5.41) is 3.09. The number of carbonyl (C=O) groups excluding carboxylic acids is 1. The van der Waals surface area contributed by atoms with Gasteiger partial charge in [-0.05, 0) is 50.0 Å². The van der Waals surface area contributed by atoms with Gasteiger partial charge in [-0.15, -0.1) is 37.2 Å². The van der Waals surface area contributed by atoms with Crippen LogP contribution in [-0.4, -0.2) is 55.6 Å². The third-order valence-corrected chi connectivity index (χ3v) is 5.40. The van der Waals surface area contributed by atoms with E-state index in [-0.39, 0.29) is 49.0 Å². The van der Waals surface area contributed by atoms with E-state index in [9.17, 15) is 4.79 Å². The highest BCUT2D eigenvalue weighted by molar-refractivity contribution is 5.86. The lowest BCUT2D eigenvalue weighted by atomic mass is 9.95. The molecule has 156 valence electrons. The molecule has 2 heterocycles. The van der Waals surface area contributed by atoms with Gasteiger partial charge in [0, 0.05) is 44.8 Å². The van der Waals surface area contributed by atoms with E-state index < -0.39 is 0 Å². The lowest BCUT2D eigenvalue weighted by Crippen LogP contribution is -2.44. The summed E-state index contributed by atoms with van der Waals surface area (Å²) in [5.74, 6) is 1.61. The smallest absolute Gasteiger partial charge is 0.223 e. The van der Waals surface area contributed by atoms with Crippen molar-refractivity contribution < 1.29 is 4.79 Å². The molecule has 3 rings (SSSR count). The molecule has 6 nitrogen and oxygen atoms in total. The van der Waals surface area contributed by atoms with Crippen LogP contribution in [0.2, 0.25) is 0 Å². The number of hydrogen-bond donors (Lipinski definition) is 2. The van der Waals surface area contributed by atoms with Gasteiger partial charge in [-0.2, -0.15) is 0 Å². The van der Waals surface area contributed by atoms with Crippen molar-refractivity contribution in [3.63, 3.8) is 0 Å². The molecule has 1 saturated heterocycles. The highest BCUT2D eigenvalue weighted by Crippen LogP contribution is 2.31. The molecule has 2 fully saturated rings. The first-order valence-electron chi connectivity index (χ1n) is 9.03. The Balaban J connectivity index is 0.00000225. The second kappa shape index (κ2) is 12.6. The number of amides is 1. The number of hydrogen-bond acceptors (Lipinski definition) is 5. The summed E-state index contributed by atoms with van der Waals surface area (Å²) < 4.78 is 0. The molecule has 0 aromatic carbocycles. The summed E-state index contributed by atoms with van der Waals surface area (Å²) in [6, 6.07) is 4.08. The number of nitrogens with zero attached hydrogens (tertiary/aromatic N) is 3. The van der Waals surface area contributed by atoms with Crippen molar-refractivity contribution >= 4 is 48.9 Å². The number of rotatable bonds is 5. The Bertz CT molecular complexity index is 570. The number of anilines is 1. The first kappa shape index (κ1) is 26.2. The zero-order valence-corrected chi connectivity index (χ0v) is 18.3. The molecule has 2 aliphatic rings. The van der Waals surface area contributed by atoms with Gasteiger partial charge in [-0.1, -0.05) is 6.42 Å². The molecule has 1 saturated carbocycles. The molecule has 3 N–H and O–H groups in total. The molecule has 2 atom stereocenters. The number of halogens is 3. The van der Waals surface area contributed by atoms with Gasteiger partial charge in [-0.25, -0.2) is 4.98 Å². The van der Waals surface area contributed by atoms with Crippen molar-refractivity contribution in [3.05, 3.63) is 23.9 Å². The van der Waals surface area contributed by atoms with Crippen molar-refractivity contribution in [3.8, 4) is 0 Å². The third kappa shape index (κ3) is 6.95. The van der Waals surface area contributed by atoms with Crippen LogP contribution in [0.4, 0.5) is 5.82 Å². The molecule has 1 aromatic heterocycles. The van der Waals surface area contributed by atoms with E-state index in [1.54, 1.807) is 0 Å². The van der Waals surface area contributed by atoms with Gasteiger partial charge in [0.2, 0.25) is 5.91 Å². The lowest BCUT2D eigenvalue weighted by Gasteiger charge is -2.33. The molecule has 0 bridgehead atoms. The summed E-state index contributed by atoms with van der Waals surface area (Å²) in [6.07, 6.45) is 5.00. The fourth-order valence-electron chi connectivity index (χ4n) is 3.76. The minimum atomic E-state index is 0. The second-order valence-corrected chi connectivity index (χ2v) is 7.06. The van der Waals surface area contributed by atoms with Gasteiger partial charge >= 0.3 is 0 Å². The molecule has 0 unspecified atom stereocenters. The van der Waals surface area contributed by atoms with Gasteiger partial charge in [0.15, 0.2) is 0 Å². The number of likely N-dealkylation sites (N-methyl/N-ethyl adjacent to an activating group) is 1. The van der Waals surface area contributed by atoms with Crippen LogP contribution in [0.25, 0.3) is 0 Å². The summed E-state index contributed by atoms with van der Waals surface area (Å²) in [5.41, 5.74) is 6.89. The van der Waals surface area contributed by atoms with Gasteiger partial charge in [0.05, 0.1) is 0 Å². The Hall–Kier alpha value is -0.790. The molecular weight excluding hydrogens is 409 g/mol. The van der Waals surface area contributed by atoms with E-state index in [2.05, 4.69) is 33.2 Å². The number of carbonyl (C=O) groups is 1. The summed E-state index contributed by atoms with van der Waals surface area (Å²) in [7, 11) is 2.15. The van der Waals surface area contributed by atoms with Crippen molar-refractivity contribution in [2.24, 2.45) is 17.6 Å². The van der Waals surface area contributed by atoms with Gasteiger partial charge in [-0.3, -0.25) is 4.79 Å². The van der Waals surface area contributed by atoms with Crippen LogP contribution >= 0.6 is 37.2 Å². The van der Waals surface area contributed by atoms with Gasteiger partial charge in [0.1, 0.15) is 5.82 Å². The van der Waals surface area contributed by atoms with E-state index in [0.717, 1.165) is 56.8 Å². The Morgan fingerprint density at radius 1 is 1.22 bits per heavy atom. The number of aromatic nitrogens is 1. The third-order valence-electron chi connectivity index (χ3n) is 5.40. The van der Waals surface area contributed by atoms with Crippen LogP contribution in [0.5, 0.6) is 0 Å². The number of nitrogens with one attached hydrogen (secondary N) is 1. The van der Waals surface area contributed by atoms with Crippen molar-refractivity contribution in [1.82, 2.24) is 15.2 Å². The molecule has 1 aliphatic carbocycles. The maximum atomic E-state index is 12.4. The number of piperazine rings is 1. The van der Waals surface area contributed by atoms with Crippen LogP contribution in [0.3, 0.4) is 0 Å². The first-order chi connectivity index (χ1) is 11.7. The predicted molar refractivity (Wildman–Crippen MR) is 117 cm³/mol. The van der Waals surface area contributed by atoms with E-state index in [1.165, 1.54) is 0 Å². The van der Waals surface area contributed by atoms with Crippen molar-refractivity contribution in [2.75, 3.05) is 44.7 Å². The van der Waals surface area contributed by atoms with Crippen molar-refractivity contribution in [2.45, 2.75) is 25.8 Å². The fraction of sp³-hybridized carbons (Fsp3) is 0.667. The largest absolute Gasteiger partial charge is 0.354 e. The standard InChI is InChI=1S/C18H29N5O.3ClH/c1-22-7-9-23(10-8-22)17-11-14(5-6-20-17)13-21-18(24)16-4-2-3-15(16)12-19;;;/h5-6,11,15-16H,2-4,7-10,12-13,19H2,1H3,(H,21,24);3*1H/t15-,16-;;;/m1.../s1. The molecule has 27 heavy (non-hydrogen) atoms. The summed E-state index contributed by atoms with van der Waals surface area (Å²) >= 11 is 0. The van der Waals surface area contributed by atoms with Crippen LogP contribution in [-0.2, 0) is 11.3 Å². The molecule has 0 radical (unpaired) electrons. The minimum Gasteiger partial charge on any atom is -0.354 e. The van der Waals surface area contributed by atoms with E-state index in [0.29, 0.717) is 19.0 Å². The minimum absolute atomic E-state index is 0. The maximum Gasteiger partial charge on any atom is 0.223 e. The van der Waals surface area contributed by atoms with Crippen LogP contribution in [0.1, 0.15) is 24.8 Å². The zero-order chi connectivity index (χ0) is 16.9. The molecule has 9 heteroatoms. The Kier molecular flexibility index (Phi) is 12.3. The Morgan fingerprint density at radius 2 is 1.93 bits per heavy atom. The monoisotopic (exact) mass is 439 g/mol. The van der Waals surface area contributed by atoms with E-state index in [4.69, 9.17) is 5.73 Å². The molecule has 1 amide bonds.